The summed E-state index contributed by atoms with van der Waals surface area (Å²) < 4.78 is 7.39. The van der Waals surface area contributed by atoms with E-state index < -0.39 is 0 Å². The van der Waals surface area contributed by atoms with Crippen LogP contribution in [-0.4, -0.2) is 44.0 Å². The predicted molar refractivity (Wildman–Crippen MR) is 106 cm³/mol. The Balaban J connectivity index is 1.84. The number of rotatable bonds is 5. The second-order valence-electron chi connectivity index (χ2n) is 7.13. The molecule has 4 rings (SSSR count). The highest BCUT2D eigenvalue weighted by atomic mass is 16.5. The van der Waals surface area contributed by atoms with Crippen LogP contribution < -0.4 is 11.1 Å². The van der Waals surface area contributed by atoms with Gasteiger partial charge in [-0.1, -0.05) is 6.92 Å². The Morgan fingerprint density at radius 1 is 1.30 bits per heavy atom. The van der Waals surface area contributed by atoms with E-state index in [4.69, 9.17) is 20.4 Å². The fourth-order valence-corrected chi connectivity index (χ4v) is 3.27. The van der Waals surface area contributed by atoms with Crippen LogP contribution in [0.2, 0.25) is 0 Å². The summed E-state index contributed by atoms with van der Waals surface area (Å²) in [6, 6.07) is 0.539. The maximum absolute atomic E-state index is 6.12. The summed E-state index contributed by atoms with van der Waals surface area (Å²) in [5, 5.41) is 7.93. The first kappa shape index (κ1) is 17.7. The SMILES string of the molecule is CCc1nc2c(N)ncc(-c3cnn(C(C)C)c3)c2nc1N[C@H]1CCOC1. The molecule has 0 bridgehead atoms. The lowest BCUT2D eigenvalue weighted by Crippen LogP contribution is -2.21. The van der Waals surface area contributed by atoms with Gasteiger partial charge in [0.15, 0.2) is 5.82 Å². The average Bonchev–Trinajstić information content (AvgIpc) is 3.33. The lowest BCUT2D eigenvalue weighted by Gasteiger charge is -2.16. The number of anilines is 2. The molecule has 3 N–H and O–H groups in total. The number of nitrogens with zero attached hydrogens (tertiary/aromatic N) is 5. The maximum atomic E-state index is 6.12. The molecule has 0 unspecified atom stereocenters. The van der Waals surface area contributed by atoms with Gasteiger partial charge < -0.3 is 15.8 Å². The molecule has 0 saturated carbocycles. The smallest absolute Gasteiger partial charge is 0.151 e. The maximum Gasteiger partial charge on any atom is 0.151 e. The van der Waals surface area contributed by atoms with E-state index >= 15 is 0 Å². The van der Waals surface area contributed by atoms with Gasteiger partial charge in [-0.2, -0.15) is 5.10 Å². The highest BCUT2D eigenvalue weighted by Gasteiger charge is 2.20. The van der Waals surface area contributed by atoms with Gasteiger partial charge in [-0.05, 0) is 26.7 Å². The van der Waals surface area contributed by atoms with Crippen LogP contribution in [0.15, 0.2) is 18.6 Å². The monoisotopic (exact) mass is 367 g/mol. The van der Waals surface area contributed by atoms with Crippen molar-refractivity contribution in [2.75, 3.05) is 24.3 Å². The Hall–Kier alpha value is -2.74. The van der Waals surface area contributed by atoms with Crippen LogP contribution in [0.25, 0.3) is 22.2 Å². The van der Waals surface area contributed by atoms with Crippen molar-refractivity contribution in [1.29, 1.82) is 0 Å². The number of nitrogens with two attached hydrogens (primary N) is 1. The molecule has 4 heterocycles. The lowest BCUT2D eigenvalue weighted by atomic mass is 10.1. The third-order valence-corrected chi connectivity index (χ3v) is 4.85. The number of nitrogen functional groups attached to an aromatic ring is 1. The highest BCUT2D eigenvalue weighted by Crippen LogP contribution is 2.31. The number of hydrogen-bond acceptors (Lipinski definition) is 7. The molecule has 1 fully saturated rings. The Morgan fingerprint density at radius 3 is 2.81 bits per heavy atom. The summed E-state index contributed by atoms with van der Waals surface area (Å²) >= 11 is 0. The predicted octanol–water partition coefficient (Wildman–Crippen LogP) is 2.81. The fourth-order valence-electron chi connectivity index (χ4n) is 3.27. The molecule has 0 spiro atoms. The minimum Gasteiger partial charge on any atom is -0.382 e. The van der Waals surface area contributed by atoms with Crippen molar-refractivity contribution in [3.05, 3.63) is 24.3 Å². The minimum absolute atomic E-state index is 0.258. The molecule has 8 heteroatoms. The van der Waals surface area contributed by atoms with Crippen LogP contribution in [0.5, 0.6) is 0 Å². The molecule has 1 saturated heterocycles. The van der Waals surface area contributed by atoms with Crippen LogP contribution in [0.4, 0.5) is 11.6 Å². The van der Waals surface area contributed by atoms with Gasteiger partial charge in [0.2, 0.25) is 0 Å². The summed E-state index contributed by atoms with van der Waals surface area (Å²) in [6.07, 6.45) is 7.32. The van der Waals surface area contributed by atoms with Crippen LogP contribution in [0.1, 0.15) is 38.9 Å². The molecule has 27 heavy (non-hydrogen) atoms. The van der Waals surface area contributed by atoms with E-state index in [0.29, 0.717) is 17.9 Å². The second kappa shape index (κ2) is 7.11. The van der Waals surface area contributed by atoms with Gasteiger partial charge in [0.25, 0.3) is 0 Å². The zero-order valence-electron chi connectivity index (χ0n) is 15.9. The summed E-state index contributed by atoms with van der Waals surface area (Å²) in [5.74, 6) is 1.19. The number of fused-ring (bicyclic) bond motifs is 1. The van der Waals surface area contributed by atoms with Crippen molar-refractivity contribution in [3.63, 3.8) is 0 Å². The Labute approximate surface area is 158 Å². The highest BCUT2D eigenvalue weighted by molar-refractivity contribution is 5.96. The Bertz CT molecular complexity index is 960. The third kappa shape index (κ3) is 3.32. The summed E-state index contributed by atoms with van der Waals surface area (Å²) in [7, 11) is 0. The standard InChI is InChI=1S/C19H25N7O/c1-4-15-19(23-13-5-6-27-10-13)25-16-14(8-21-18(20)17(16)24-15)12-7-22-26(9-12)11(2)3/h7-9,11,13H,4-6,10H2,1-3H3,(H2,20,21)(H,23,25)/t13-/m0/s1. The van der Waals surface area contributed by atoms with Crippen molar-refractivity contribution >= 4 is 22.7 Å². The van der Waals surface area contributed by atoms with Crippen LogP contribution in [0.3, 0.4) is 0 Å². The molecule has 0 aromatic carbocycles. The van der Waals surface area contributed by atoms with E-state index in [-0.39, 0.29) is 12.1 Å². The molecule has 1 atom stereocenters. The summed E-state index contributed by atoms with van der Waals surface area (Å²) in [4.78, 5) is 14.0. The largest absolute Gasteiger partial charge is 0.382 e. The zero-order chi connectivity index (χ0) is 19.0. The van der Waals surface area contributed by atoms with E-state index in [1.165, 1.54) is 0 Å². The van der Waals surface area contributed by atoms with E-state index in [1.807, 2.05) is 17.1 Å². The molecule has 3 aromatic rings. The topological polar surface area (TPSA) is 104 Å². The minimum atomic E-state index is 0.258. The van der Waals surface area contributed by atoms with Gasteiger partial charge in [-0.3, -0.25) is 4.68 Å². The van der Waals surface area contributed by atoms with Gasteiger partial charge >= 0.3 is 0 Å². The number of pyridine rings is 1. The van der Waals surface area contributed by atoms with Crippen molar-refractivity contribution in [2.24, 2.45) is 0 Å². The zero-order valence-corrected chi connectivity index (χ0v) is 15.9. The molecule has 0 aliphatic carbocycles. The molecule has 1 aliphatic heterocycles. The van der Waals surface area contributed by atoms with Gasteiger partial charge in [0, 0.05) is 36.2 Å². The molecule has 0 radical (unpaired) electrons. The molecule has 142 valence electrons. The van der Waals surface area contributed by atoms with Gasteiger partial charge in [-0.15, -0.1) is 0 Å². The van der Waals surface area contributed by atoms with Crippen LogP contribution in [0, 0.1) is 0 Å². The number of hydrogen-bond donors (Lipinski definition) is 2. The van der Waals surface area contributed by atoms with Gasteiger partial charge in [0.1, 0.15) is 16.9 Å². The van der Waals surface area contributed by atoms with Crippen molar-refractivity contribution < 1.29 is 4.74 Å². The normalized spacial score (nSPS) is 17.1. The lowest BCUT2D eigenvalue weighted by molar-refractivity contribution is 0.195. The Kier molecular flexibility index (Phi) is 4.65. The van der Waals surface area contributed by atoms with Crippen LogP contribution >= 0.6 is 0 Å². The fraction of sp³-hybridized carbons (Fsp3) is 0.474. The third-order valence-electron chi connectivity index (χ3n) is 4.85. The molecular weight excluding hydrogens is 342 g/mol. The number of aromatic nitrogens is 5. The van der Waals surface area contributed by atoms with E-state index in [9.17, 15) is 0 Å². The molecule has 0 amide bonds. The first-order chi connectivity index (χ1) is 13.1. The molecular formula is C19H25N7O. The average molecular weight is 367 g/mol. The quantitative estimate of drug-likeness (QED) is 0.714. The van der Waals surface area contributed by atoms with E-state index in [1.54, 1.807) is 6.20 Å². The van der Waals surface area contributed by atoms with Gasteiger partial charge in [0.05, 0.1) is 24.5 Å². The van der Waals surface area contributed by atoms with E-state index in [2.05, 4.69) is 36.2 Å². The van der Waals surface area contributed by atoms with Crippen molar-refractivity contribution in [2.45, 2.75) is 45.7 Å². The number of ether oxygens (including phenoxy) is 1. The van der Waals surface area contributed by atoms with Crippen molar-refractivity contribution in [1.82, 2.24) is 24.7 Å². The second-order valence-corrected chi connectivity index (χ2v) is 7.13. The molecule has 1 aliphatic rings. The van der Waals surface area contributed by atoms with E-state index in [0.717, 1.165) is 47.6 Å². The van der Waals surface area contributed by atoms with Crippen LogP contribution in [-0.2, 0) is 11.2 Å². The Morgan fingerprint density at radius 2 is 2.15 bits per heavy atom. The molecule has 3 aromatic heterocycles. The first-order valence-electron chi connectivity index (χ1n) is 9.40. The summed E-state index contributed by atoms with van der Waals surface area (Å²) in [5.41, 5.74) is 10.2. The molecule has 8 nitrogen and oxygen atoms in total. The first-order valence-corrected chi connectivity index (χ1v) is 9.40. The number of aryl methyl sites for hydroxylation is 1. The van der Waals surface area contributed by atoms with Crippen molar-refractivity contribution in [3.8, 4) is 11.1 Å². The summed E-state index contributed by atoms with van der Waals surface area (Å²) in [6.45, 7) is 7.71. The van der Waals surface area contributed by atoms with Gasteiger partial charge in [-0.25, -0.2) is 15.0 Å². The number of nitrogens with one attached hydrogen (secondary N) is 1.